The molecule has 2 aliphatic carbocycles. The standard InChI is InChI=1S/C21H33NO3/c1-13-6-5-7-21(4)9-19-16(8-18(13)21)17(20(23)25-19)12-22-10-14(2)24-15(3)11-22/h14-19H,1,5-12H2,2-4H3. The van der Waals surface area contributed by atoms with Crippen molar-refractivity contribution in [2.45, 2.75) is 71.2 Å². The molecule has 0 spiro atoms. The Hall–Kier alpha value is -0.870. The molecule has 0 bridgehead atoms. The third kappa shape index (κ3) is 3.16. The molecule has 4 rings (SSSR count). The average Bonchev–Trinajstić information content (AvgIpc) is 2.79. The topological polar surface area (TPSA) is 38.8 Å². The molecule has 0 aromatic carbocycles. The van der Waals surface area contributed by atoms with Crippen LogP contribution in [0.15, 0.2) is 12.2 Å². The maximum Gasteiger partial charge on any atom is 0.310 e. The van der Waals surface area contributed by atoms with Crippen LogP contribution in [-0.2, 0) is 14.3 Å². The van der Waals surface area contributed by atoms with Crippen LogP contribution in [0.1, 0.15) is 52.9 Å². The van der Waals surface area contributed by atoms with Gasteiger partial charge in [-0.1, -0.05) is 19.1 Å². The van der Waals surface area contributed by atoms with Crippen molar-refractivity contribution in [1.29, 1.82) is 0 Å². The van der Waals surface area contributed by atoms with Crippen molar-refractivity contribution >= 4 is 5.97 Å². The Labute approximate surface area is 151 Å². The number of ether oxygens (including phenoxy) is 2. The van der Waals surface area contributed by atoms with E-state index in [4.69, 9.17) is 9.47 Å². The van der Waals surface area contributed by atoms with E-state index in [9.17, 15) is 4.79 Å². The second kappa shape index (κ2) is 6.38. The van der Waals surface area contributed by atoms with E-state index in [1.54, 1.807) is 0 Å². The van der Waals surface area contributed by atoms with Gasteiger partial charge in [-0.2, -0.15) is 0 Å². The second-order valence-corrected chi connectivity index (χ2v) is 9.38. The Bertz CT molecular complexity index is 551. The Kier molecular flexibility index (Phi) is 4.48. The lowest BCUT2D eigenvalue weighted by atomic mass is 9.55. The van der Waals surface area contributed by atoms with Gasteiger partial charge in [-0.3, -0.25) is 9.69 Å². The molecule has 2 aliphatic heterocycles. The molecule has 140 valence electrons. The van der Waals surface area contributed by atoms with E-state index in [0.29, 0.717) is 11.8 Å². The molecule has 7 unspecified atom stereocenters. The number of carbonyl (C=O) groups excluding carboxylic acids is 1. The summed E-state index contributed by atoms with van der Waals surface area (Å²) in [6.07, 6.45) is 6.38. The Morgan fingerprint density at radius 2 is 2.00 bits per heavy atom. The third-order valence-corrected chi connectivity index (χ3v) is 7.27. The average molecular weight is 347 g/mol. The summed E-state index contributed by atoms with van der Waals surface area (Å²) in [6, 6.07) is 0. The van der Waals surface area contributed by atoms with E-state index in [2.05, 4.69) is 32.3 Å². The largest absolute Gasteiger partial charge is 0.462 e. The van der Waals surface area contributed by atoms with Crippen molar-refractivity contribution < 1.29 is 14.3 Å². The van der Waals surface area contributed by atoms with E-state index < -0.39 is 0 Å². The van der Waals surface area contributed by atoms with Crippen molar-refractivity contribution in [3.8, 4) is 0 Å². The number of allylic oxidation sites excluding steroid dienone is 1. The van der Waals surface area contributed by atoms with Gasteiger partial charge in [0, 0.05) is 25.6 Å². The summed E-state index contributed by atoms with van der Waals surface area (Å²) in [5, 5.41) is 0. The first-order chi connectivity index (χ1) is 11.9. The molecular weight excluding hydrogens is 314 g/mol. The number of carbonyl (C=O) groups is 1. The van der Waals surface area contributed by atoms with E-state index in [1.165, 1.54) is 18.4 Å². The fourth-order valence-electron chi connectivity index (χ4n) is 6.18. The fourth-order valence-corrected chi connectivity index (χ4v) is 6.18. The van der Waals surface area contributed by atoms with Gasteiger partial charge in [-0.15, -0.1) is 0 Å². The molecule has 0 aromatic rings. The van der Waals surface area contributed by atoms with E-state index in [1.807, 2.05) is 0 Å². The Balaban J connectivity index is 1.49. The van der Waals surface area contributed by atoms with Crippen LogP contribution in [0, 0.1) is 23.2 Å². The lowest BCUT2D eigenvalue weighted by molar-refractivity contribution is -0.147. The minimum Gasteiger partial charge on any atom is -0.462 e. The van der Waals surface area contributed by atoms with E-state index in [0.717, 1.165) is 38.9 Å². The summed E-state index contributed by atoms with van der Waals surface area (Å²) in [6.45, 7) is 13.7. The molecule has 4 heteroatoms. The number of nitrogens with zero attached hydrogens (tertiary/aromatic N) is 1. The van der Waals surface area contributed by atoms with Gasteiger partial charge in [0.2, 0.25) is 0 Å². The van der Waals surface area contributed by atoms with Crippen LogP contribution >= 0.6 is 0 Å². The maximum absolute atomic E-state index is 12.7. The fraction of sp³-hybridized carbons (Fsp3) is 0.857. The number of morpholine rings is 1. The monoisotopic (exact) mass is 347 g/mol. The lowest BCUT2D eigenvalue weighted by Gasteiger charge is -2.50. The zero-order valence-corrected chi connectivity index (χ0v) is 16.0. The Morgan fingerprint density at radius 3 is 2.72 bits per heavy atom. The van der Waals surface area contributed by atoms with Crippen molar-refractivity contribution in [2.75, 3.05) is 19.6 Å². The van der Waals surface area contributed by atoms with Gasteiger partial charge in [-0.25, -0.2) is 0 Å². The molecule has 7 atom stereocenters. The van der Waals surface area contributed by atoms with Crippen molar-refractivity contribution in [3.05, 3.63) is 12.2 Å². The first-order valence-electron chi connectivity index (χ1n) is 10.1. The number of rotatable bonds is 2. The van der Waals surface area contributed by atoms with E-state index >= 15 is 0 Å². The van der Waals surface area contributed by atoms with Crippen molar-refractivity contribution in [1.82, 2.24) is 4.90 Å². The molecule has 2 heterocycles. The minimum absolute atomic E-state index is 0.0294. The predicted molar refractivity (Wildman–Crippen MR) is 97.1 cm³/mol. The molecule has 2 saturated heterocycles. The summed E-state index contributed by atoms with van der Waals surface area (Å²) in [7, 11) is 0. The molecule has 2 saturated carbocycles. The second-order valence-electron chi connectivity index (χ2n) is 9.38. The molecule has 25 heavy (non-hydrogen) atoms. The summed E-state index contributed by atoms with van der Waals surface area (Å²) in [5.41, 5.74) is 1.70. The molecule has 4 nitrogen and oxygen atoms in total. The van der Waals surface area contributed by atoms with Crippen LogP contribution in [0.4, 0.5) is 0 Å². The molecule has 0 amide bonds. The van der Waals surface area contributed by atoms with Crippen LogP contribution in [0.2, 0.25) is 0 Å². The quantitative estimate of drug-likeness (QED) is 0.567. The highest BCUT2D eigenvalue weighted by atomic mass is 16.6. The third-order valence-electron chi connectivity index (χ3n) is 7.27. The highest BCUT2D eigenvalue weighted by molar-refractivity contribution is 5.75. The highest BCUT2D eigenvalue weighted by Gasteiger charge is 2.55. The van der Waals surface area contributed by atoms with Gasteiger partial charge >= 0.3 is 5.97 Å². The summed E-state index contributed by atoms with van der Waals surface area (Å²) < 4.78 is 11.7. The molecular formula is C21H33NO3. The van der Waals surface area contributed by atoms with Gasteiger partial charge < -0.3 is 9.47 Å². The normalized spacial score (nSPS) is 48.0. The number of fused-ring (bicyclic) bond motifs is 2. The SMILES string of the molecule is C=C1CCCC2(C)CC3OC(=O)C(CN4CC(C)OC(C)C4)C3CC12. The molecule has 4 fully saturated rings. The van der Waals surface area contributed by atoms with E-state index in [-0.39, 0.29) is 35.6 Å². The van der Waals surface area contributed by atoms with Gasteiger partial charge in [0.15, 0.2) is 0 Å². The number of esters is 1. The minimum atomic E-state index is 0.0294. The summed E-state index contributed by atoms with van der Waals surface area (Å²) in [4.78, 5) is 15.1. The van der Waals surface area contributed by atoms with Crippen LogP contribution in [0.3, 0.4) is 0 Å². The molecule has 0 aromatic heterocycles. The zero-order chi connectivity index (χ0) is 17.8. The molecule has 0 N–H and O–H groups in total. The van der Waals surface area contributed by atoms with Gasteiger partial charge in [0.05, 0.1) is 18.1 Å². The number of hydrogen-bond donors (Lipinski definition) is 0. The first-order valence-corrected chi connectivity index (χ1v) is 10.1. The number of hydrogen-bond acceptors (Lipinski definition) is 4. The van der Waals surface area contributed by atoms with Crippen LogP contribution in [0.5, 0.6) is 0 Å². The highest BCUT2D eigenvalue weighted by Crippen LogP contribution is 2.56. The molecule has 0 radical (unpaired) electrons. The smallest absolute Gasteiger partial charge is 0.310 e. The van der Waals surface area contributed by atoms with Gasteiger partial charge in [0.1, 0.15) is 6.10 Å². The van der Waals surface area contributed by atoms with Crippen molar-refractivity contribution in [3.63, 3.8) is 0 Å². The predicted octanol–water partition coefficient (Wildman–Crippen LogP) is 3.41. The Morgan fingerprint density at radius 1 is 1.28 bits per heavy atom. The van der Waals surface area contributed by atoms with Gasteiger partial charge in [0.25, 0.3) is 0 Å². The van der Waals surface area contributed by atoms with Crippen LogP contribution < -0.4 is 0 Å². The molecule has 4 aliphatic rings. The van der Waals surface area contributed by atoms with Crippen LogP contribution in [-0.4, -0.2) is 48.8 Å². The zero-order valence-electron chi connectivity index (χ0n) is 16.0. The van der Waals surface area contributed by atoms with Crippen LogP contribution in [0.25, 0.3) is 0 Å². The van der Waals surface area contributed by atoms with Gasteiger partial charge in [-0.05, 0) is 57.3 Å². The summed E-state index contributed by atoms with van der Waals surface area (Å²) in [5.74, 6) is 1.01. The maximum atomic E-state index is 12.7. The summed E-state index contributed by atoms with van der Waals surface area (Å²) >= 11 is 0. The first kappa shape index (κ1) is 17.5. The lowest BCUT2D eigenvalue weighted by Crippen LogP contribution is -2.49. The van der Waals surface area contributed by atoms with Crippen molar-refractivity contribution in [2.24, 2.45) is 23.2 Å².